The Hall–Kier alpha value is -0.480. The molecular weight excluding hydrogens is 253 g/mol. The highest BCUT2D eigenvalue weighted by molar-refractivity contribution is 9.10. The molecule has 0 unspecified atom stereocenters. The van der Waals surface area contributed by atoms with Gasteiger partial charge in [0.15, 0.2) is 17.9 Å². The number of benzene rings is 1. The summed E-state index contributed by atoms with van der Waals surface area (Å²) in [6.07, 6.45) is 0.0846. The third-order valence-corrected chi connectivity index (χ3v) is 2.12. The van der Waals surface area contributed by atoms with Gasteiger partial charge in [-0.05, 0) is 22.0 Å². The maximum Gasteiger partial charge on any atom is 0.156 e. The molecule has 0 radical (unpaired) electrons. The summed E-state index contributed by atoms with van der Waals surface area (Å²) in [6.45, 7) is 0. The highest BCUT2D eigenvalue weighted by Crippen LogP contribution is 2.26. The maximum atomic E-state index is 12.9. The van der Waals surface area contributed by atoms with Gasteiger partial charge in [0.1, 0.15) is 0 Å². The number of hydrogen-bond acceptors (Lipinski definition) is 1. The topological polar surface area (TPSA) is 17.1 Å². The Morgan fingerprint density at radius 2 is 2.00 bits per heavy atom. The first-order chi connectivity index (χ1) is 5.57. The van der Waals surface area contributed by atoms with Gasteiger partial charge in [0, 0.05) is 0 Å². The quantitative estimate of drug-likeness (QED) is 0.556. The summed E-state index contributed by atoms with van der Waals surface area (Å²) < 4.78 is 25.7. The second-order valence-corrected chi connectivity index (χ2v) is 3.26. The average molecular weight is 255 g/mol. The summed E-state index contributed by atoms with van der Waals surface area (Å²) >= 11 is 8.13. The lowest BCUT2D eigenvalue weighted by molar-refractivity contribution is 0.111. The summed E-state index contributed by atoms with van der Waals surface area (Å²) in [7, 11) is 0. The molecule has 1 nitrogen and oxygen atoms in total. The largest absolute Gasteiger partial charge is 0.298 e. The van der Waals surface area contributed by atoms with Gasteiger partial charge < -0.3 is 0 Å². The lowest BCUT2D eigenvalue weighted by Crippen LogP contribution is -1.95. The Morgan fingerprint density at radius 3 is 2.50 bits per heavy atom. The molecule has 12 heavy (non-hydrogen) atoms. The number of rotatable bonds is 1. The van der Waals surface area contributed by atoms with E-state index in [-0.39, 0.29) is 15.8 Å². The second-order valence-electron chi connectivity index (χ2n) is 2.00. The Morgan fingerprint density at radius 1 is 1.42 bits per heavy atom. The molecule has 0 amide bonds. The van der Waals surface area contributed by atoms with E-state index in [1.54, 1.807) is 0 Å². The molecule has 1 rings (SSSR count). The summed E-state index contributed by atoms with van der Waals surface area (Å²) in [6, 6.07) is 1.05. The maximum absolute atomic E-state index is 12.9. The van der Waals surface area contributed by atoms with Gasteiger partial charge in [0.25, 0.3) is 0 Å². The standard InChI is InChI=1S/C7H2BrClF2O/c8-4-1-5(9)7(11)3(2-12)6(4)10/h1-2H. The normalized spacial score (nSPS) is 10.0. The fourth-order valence-electron chi connectivity index (χ4n) is 0.695. The van der Waals surface area contributed by atoms with Gasteiger partial charge in [0.05, 0.1) is 15.1 Å². The van der Waals surface area contributed by atoms with Crippen LogP contribution in [0.15, 0.2) is 10.5 Å². The van der Waals surface area contributed by atoms with Crippen molar-refractivity contribution in [3.8, 4) is 0 Å². The molecular formula is C7H2BrClF2O. The van der Waals surface area contributed by atoms with E-state index in [2.05, 4.69) is 15.9 Å². The molecule has 0 aliphatic rings. The van der Waals surface area contributed by atoms with Crippen molar-refractivity contribution < 1.29 is 13.6 Å². The van der Waals surface area contributed by atoms with E-state index in [0.29, 0.717) is 0 Å². The highest BCUT2D eigenvalue weighted by Gasteiger charge is 2.15. The number of aldehydes is 1. The fourth-order valence-corrected chi connectivity index (χ4v) is 1.48. The van der Waals surface area contributed by atoms with E-state index in [9.17, 15) is 13.6 Å². The van der Waals surface area contributed by atoms with Crippen LogP contribution in [0.5, 0.6) is 0 Å². The Bertz CT molecular complexity index is 314. The zero-order valence-corrected chi connectivity index (χ0v) is 7.92. The molecule has 0 saturated heterocycles. The van der Waals surface area contributed by atoms with Crippen LogP contribution < -0.4 is 0 Å². The molecule has 5 heteroatoms. The molecule has 0 heterocycles. The molecule has 0 aromatic heterocycles. The monoisotopic (exact) mass is 254 g/mol. The first-order valence-electron chi connectivity index (χ1n) is 2.86. The van der Waals surface area contributed by atoms with E-state index in [0.717, 1.165) is 6.07 Å². The van der Waals surface area contributed by atoms with Crippen molar-refractivity contribution in [2.45, 2.75) is 0 Å². The van der Waals surface area contributed by atoms with Crippen LogP contribution in [0, 0.1) is 11.6 Å². The first kappa shape index (κ1) is 9.61. The molecule has 0 atom stereocenters. The average Bonchev–Trinajstić information content (AvgIpc) is 2.02. The lowest BCUT2D eigenvalue weighted by Gasteiger charge is -2.01. The Labute approximate surface area is 80.5 Å². The zero-order chi connectivity index (χ0) is 9.30. The second kappa shape index (κ2) is 3.49. The van der Waals surface area contributed by atoms with Crippen LogP contribution in [0.4, 0.5) is 8.78 Å². The van der Waals surface area contributed by atoms with E-state index in [1.807, 2.05) is 0 Å². The van der Waals surface area contributed by atoms with Gasteiger partial charge in [-0.25, -0.2) is 8.78 Å². The minimum Gasteiger partial charge on any atom is -0.298 e. The van der Waals surface area contributed by atoms with Gasteiger partial charge >= 0.3 is 0 Å². The van der Waals surface area contributed by atoms with Crippen LogP contribution in [0.1, 0.15) is 10.4 Å². The zero-order valence-electron chi connectivity index (χ0n) is 5.57. The molecule has 0 aliphatic heterocycles. The van der Waals surface area contributed by atoms with Crippen LogP contribution in [-0.2, 0) is 0 Å². The van der Waals surface area contributed by atoms with E-state index in [1.165, 1.54) is 0 Å². The summed E-state index contributed by atoms with van der Waals surface area (Å²) in [5.74, 6) is -1.97. The van der Waals surface area contributed by atoms with Crippen molar-refractivity contribution in [3.63, 3.8) is 0 Å². The van der Waals surface area contributed by atoms with Crippen LogP contribution in [0.25, 0.3) is 0 Å². The van der Waals surface area contributed by atoms with Crippen molar-refractivity contribution >= 4 is 33.8 Å². The highest BCUT2D eigenvalue weighted by atomic mass is 79.9. The van der Waals surface area contributed by atoms with Crippen LogP contribution in [-0.4, -0.2) is 6.29 Å². The minimum absolute atomic E-state index is 0.0315. The molecule has 0 N–H and O–H groups in total. The third kappa shape index (κ3) is 1.49. The predicted molar refractivity (Wildman–Crippen MR) is 44.5 cm³/mol. The SMILES string of the molecule is O=Cc1c(F)c(Cl)cc(Br)c1F. The van der Waals surface area contributed by atoms with Gasteiger partial charge in [-0.3, -0.25) is 4.79 Å². The van der Waals surface area contributed by atoms with Crippen LogP contribution in [0.2, 0.25) is 5.02 Å². The van der Waals surface area contributed by atoms with Crippen molar-refractivity contribution in [3.05, 3.63) is 32.8 Å². The first-order valence-corrected chi connectivity index (χ1v) is 4.03. The summed E-state index contributed by atoms with van der Waals surface area (Å²) in [5, 5.41) is -0.287. The van der Waals surface area contributed by atoms with Gasteiger partial charge in [-0.15, -0.1) is 0 Å². The van der Waals surface area contributed by atoms with Gasteiger partial charge in [-0.1, -0.05) is 11.6 Å². The minimum atomic E-state index is -1.03. The number of hydrogen-bond donors (Lipinski definition) is 0. The van der Waals surface area contributed by atoms with Crippen LogP contribution >= 0.6 is 27.5 Å². The van der Waals surface area contributed by atoms with Crippen LogP contribution in [0.3, 0.4) is 0 Å². The van der Waals surface area contributed by atoms with Gasteiger partial charge in [-0.2, -0.15) is 0 Å². The number of carbonyl (C=O) groups is 1. The van der Waals surface area contributed by atoms with Crippen molar-refractivity contribution in [1.82, 2.24) is 0 Å². The van der Waals surface area contributed by atoms with Crippen molar-refractivity contribution in [1.29, 1.82) is 0 Å². The third-order valence-electron chi connectivity index (χ3n) is 1.26. The number of carbonyl (C=O) groups excluding carboxylic acids is 1. The molecule has 1 aromatic carbocycles. The molecule has 0 saturated carbocycles. The van der Waals surface area contributed by atoms with E-state index >= 15 is 0 Å². The molecule has 0 spiro atoms. The molecule has 0 aliphatic carbocycles. The fraction of sp³-hybridized carbons (Fsp3) is 0. The van der Waals surface area contributed by atoms with Crippen molar-refractivity contribution in [2.75, 3.05) is 0 Å². The Balaban J connectivity index is 3.52. The van der Waals surface area contributed by atoms with Crippen molar-refractivity contribution in [2.24, 2.45) is 0 Å². The number of halogens is 4. The molecule has 0 bridgehead atoms. The van der Waals surface area contributed by atoms with E-state index in [4.69, 9.17) is 11.6 Å². The molecule has 1 aromatic rings. The van der Waals surface area contributed by atoms with Gasteiger partial charge in [0.2, 0.25) is 0 Å². The molecule has 64 valence electrons. The smallest absolute Gasteiger partial charge is 0.156 e. The Kier molecular flexibility index (Phi) is 2.80. The molecule has 0 fully saturated rings. The van der Waals surface area contributed by atoms with E-state index < -0.39 is 17.2 Å². The summed E-state index contributed by atoms with van der Waals surface area (Å²) in [4.78, 5) is 10.2. The predicted octanol–water partition coefficient (Wildman–Crippen LogP) is 3.19. The lowest BCUT2D eigenvalue weighted by atomic mass is 10.2. The summed E-state index contributed by atoms with van der Waals surface area (Å²) in [5.41, 5.74) is -0.658.